The molecule has 0 aliphatic rings. The van der Waals surface area contributed by atoms with Crippen molar-refractivity contribution in [1.29, 1.82) is 0 Å². The highest BCUT2D eigenvalue weighted by molar-refractivity contribution is 6.35. The molecule has 0 saturated carbocycles. The Morgan fingerprint density at radius 2 is 1.58 bits per heavy atom. The Hall–Kier alpha value is -4.13. The summed E-state index contributed by atoms with van der Waals surface area (Å²) in [5.74, 6) is -0.739. The highest BCUT2D eigenvalue weighted by atomic mass is 35.5. The van der Waals surface area contributed by atoms with E-state index in [-0.39, 0.29) is 5.56 Å². The van der Waals surface area contributed by atoms with Crippen LogP contribution in [-0.2, 0) is 9.53 Å². The molecule has 0 spiro atoms. The lowest BCUT2D eigenvalue weighted by Gasteiger charge is -2.19. The number of fused-ring (bicyclic) bond motifs is 1. The summed E-state index contributed by atoms with van der Waals surface area (Å²) in [6.45, 7) is 0. The SMILES string of the molecule is O=C(O[C@@H](C(=O)Nc1cc(Cl)cc(Cl)c1)c1ccccc1)c1cc(-c2ccco2)nc2ccccc12. The van der Waals surface area contributed by atoms with E-state index in [2.05, 4.69) is 10.3 Å². The Morgan fingerprint density at radius 3 is 2.31 bits per heavy atom. The first-order chi connectivity index (χ1) is 17.5. The van der Waals surface area contributed by atoms with E-state index in [4.69, 9.17) is 32.4 Å². The van der Waals surface area contributed by atoms with Crippen molar-refractivity contribution < 1.29 is 18.7 Å². The maximum absolute atomic E-state index is 13.5. The van der Waals surface area contributed by atoms with Crippen LogP contribution in [-0.4, -0.2) is 16.9 Å². The minimum Gasteiger partial charge on any atom is -0.463 e. The van der Waals surface area contributed by atoms with E-state index < -0.39 is 18.0 Å². The van der Waals surface area contributed by atoms with Gasteiger partial charge in [0.15, 0.2) is 5.76 Å². The molecule has 3 aromatic carbocycles. The smallest absolute Gasteiger partial charge is 0.340 e. The Morgan fingerprint density at radius 1 is 0.861 bits per heavy atom. The second-order valence-corrected chi connectivity index (χ2v) is 8.77. The average Bonchev–Trinajstić information content (AvgIpc) is 3.41. The molecule has 0 fully saturated rings. The van der Waals surface area contributed by atoms with Crippen molar-refractivity contribution in [3.63, 3.8) is 0 Å². The van der Waals surface area contributed by atoms with Crippen LogP contribution in [0.2, 0.25) is 10.0 Å². The molecule has 6 nitrogen and oxygen atoms in total. The van der Waals surface area contributed by atoms with Crippen LogP contribution in [0.15, 0.2) is 102 Å². The van der Waals surface area contributed by atoms with E-state index in [1.54, 1.807) is 78.9 Å². The molecule has 0 saturated heterocycles. The topological polar surface area (TPSA) is 81.4 Å². The van der Waals surface area contributed by atoms with Gasteiger partial charge in [0.05, 0.1) is 17.3 Å². The number of esters is 1. The molecule has 1 amide bonds. The molecule has 0 aliphatic carbocycles. The first-order valence-corrected chi connectivity index (χ1v) is 11.7. The van der Waals surface area contributed by atoms with Crippen molar-refractivity contribution in [2.24, 2.45) is 0 Å². The number of carbonyl (C=O) groups excluding carboxylic acids is 2. The summed E-state index contributed by atoms with van der Waals surface area (Å²) < 4.78 is 11.3. The molecule has 2 aromatic heterocycles. The highest BCUT2D eigenvalue weighted by Crippen LogP contribution is 2.29. The monoisotopic (exact) mass is 516 g/mol. The van der Waals surface area contributed by atoms with Crippen LogP contribution in [0.4, 0.5) is 5.69 Å². The molecule has 178 valence electrons. The van der Waals surface area contributed by atoms with Gasteiger partial charge in [-0.2, -0.15) is 0 Å². The molecular weight excluding hydrogens is 499 g/mol. The fraction of sp³-hybridized carbons (Fsp3) is 0.0357. The molecule has 0 aliphatic heterocycles. The van der Waals surface area contributed by atoms with Crippen molar-refractivity contribution >= 4 is 51.7 Å². The largest absolute Gasteiger partial charge is 0.463 e. The molecular formula is C28H18Cl2N2O4. The Labute approximate surface area is 216 Å². The summed E-state index contributed by atoms with van der Waals surface area (Å²) in [6, 6.07) is 25.7. The van der Waals surface area contributed by atoms with Gasteiger partial charge in [0.2, 0.25) is 6.10 Å². The van der Waals surface area contributed by atoms with Crippen LogP contribution in [0.5, 0.6) is 0 Å². The van der Waals surface area contributed by atoms with E-state index >= 15 is 0 Å². The van der Waals surface area contributed by atoms with Crippen LogP contribution >= 0.6 is 23.2 Å². The minimum absolute atomic E-state index is 0.256. The van der Waals surface area contributed by atoms with Gasteiger partial charge in [0.1, 0.15) is 5.69 Å². The summed E-state index contributed by atoms with van der Waals surface area (Å²) in [7, 11) is 0. The maximum atomic E-state index is 13.5. The number of benzene rings is 3. The number of nitrogens with zero attached hydrogens (tertiary/aromatic N) is 1. The zero-order valence-corrected chi connectivity index (χ0v) is 20.2. The number of carbonyl (C=O) groups is 2. The number of ether oxygens (including phenoxy) is 1. The summed E-state index contributed by atoms with van der Waals surface area (Å²) in [6.07, 6.45) is 0.289. The Kier molecular flexibility index (Phi) is 6.71. The first kappa shape index (κ1) is 23.6. The van der Waals surface area contributed by atoms with Gasteiger partial charge in [-0.25, -0.2) is 9.78 Å². The number of rotatable bonds is 6. The van der Waals surface area contributed by atoms with Crippen LogP contribution in [0.25, 0.3) is 22.4 Å². The second kappa shape index (κ2) is 10.2. The summed E-state index contributed by atoms with van der Waals surface area (Å²) in [5.41, 5.74) is 2.20. The van der Waals surface area contributed by atoms with Gasteiger partial charge >= 0.3 is 5.97 Å². The molecule has 0 unspecified atom stereocenters. The first-order valence-electron chi connectivity index (χ1n) is 10.9. The summed E-state index contributed by atoms with van der Waals surface area (Å²) >= 11 is 12.1. The number of nitrogens with one attached hydrogen (secondary N) is 1. The molecule has 0 radical (unpaired) electrons. The number of anilines is 1. The van der Waals surface area contributed by atoms with E-state index in [1.165, 1.54) is 6.26 Å². The summed E-state index contributed by atoms with van der Waals surface area (Å²) in [5, 5.41) is 4.05. The Bertz CT molecular complexity index is 1530. The van der Waals surface area contributed by atoms with E-state index in [1.807, 2.05) is 12.1 Å². The normalized spacial score (nSPS) is 11.7. The highest BCUT2D eigenvalue weighted by Gasteiger charge is 2.27. The molecule has 36 heavy (non-hydrogen) atoms. The van der Waals surface area contributed by atoms with Crippen LogP contribution in [0.3, 0.4) is 0 Å². The van der Waals surface area contributed by atoms with Gasteiger partial charge in [0.25, 0.3) is 5.91 Å². The lowest BCUT2D eigenvalue weighted by atomic mass is 10.1. The Balaban J connectivity index is 1.51. The zero-order valence-electron chi connectivity index (χ0n) is 18.7. The van der Waals surface area contributed by atoms with E-state index in [0.717, 1.165) is 0 Å². The maximum Gasteiger partial charge on any atom is 0.340 e. The van der Waals surface area contributed by atoms with E-state index in [9.17, 15) is 9.59 Å². The van der Waals surface area contributed by atoms with Crippen molar-refractivity contribution in [2.75, 3.05) is 5.32 Å². The molecule has 1 atom stereocenters. The number of furan rings is 1. The van der Waals surface area contributed by atoms with Crippen LogP contribution in [0, 0.1) is 0 Å². The number of amides is 1. The molecule has 2 heterocycles. The van der Waals surface area contributed by atoms with Crippen LogP contribution < -0.4 is 5.32 Å². The van der Waals surface area contributed by atoms with Crippen molar-refractivity contribution in [3.05, 3.63) is 118 Å². The third kappa shape index (κ3) is 5.10. The molecule has 5 rings (SSSR count). The summed E-state index contributed by atoms with van der Waals surface area (Å²) in [4.78, 5) is 31.4. The number of pyridine rings is 1. The molecule has 0 bridgehead atoms. The quantitative estimate of drug-likeness (QED) is 0.239. The molecule has 8 heteroatoms. The number of aromatic nitrogens is 1. The number of hydrogen-bond donors (Lipinski definition) is 1. The lowest BCUT2D eigenvalue weighted by Crippen LogP contribution is -2.26. The predicted molar refractivity (Wildman–Crippen MR) is 139 cm³/mol. The minimum atomic E-state index is -1.24. The number of halogens is 2. The van der Waals surface area contributed by atoms with Gasteiger partial charge in [-0.05, 0) is 42.5 Å². The van der Waals surface area contributed by atoms with E-state index in [0.29, 0.717) is 43.7 Å². The fourth-order valence-corrected chi connectivity index (χ4v) is 4.33. The third-order valence-electron chi connectivity index (χ3n) is 5.41. The van der Waals surface area contributed by atoms with Crippen LogP contribution in [0.1, 0.15) is 22.0 Å². The van der Waals surface area contributed by atoms with Crippen molar-refractivity contribution in [3.8, 4) is 11.5 Å². The van der Waals surface area contributed by atoms with Gasteiger partial charge in [-0.3, -0.25) is 4.79 Å². The molecule has 5 aromatic rings. The predicted octanol–water partition coefficient (Wildman–Crippen LogP) is 7.34. The lowest BCUT2D eigenvalue weighted by molar-refractivity contribution is -0.125. The van der Waals surface area contributed by atoms with Crippen molar-refractivity contribution in [1.82, 2.24) is 4.98 Å². The second-order valence-electron chi connectivity index (χ2n) is 7.89. The zero-order chi connectivity index (χ0) is 25.1. The van der Waals surface area contributed by atoms with Gasteiger partial charge in [0, 0.05) is 26.7 Å². The van der Waals surface area contributed by atoms with Crippen molar-refractivity contribution in [2.45, 2.75) is 6.10 Å². The third-order valence-corrected chi connectivity index (χ3v) is 5.84. The van der Waals surface area contributed by atoms with Gasteiger partial charge in [-0.15, -0.1) is 0 Å². The number of para-hydroxylation sites is 1. The standard InChI is InChI=1S/C28H18Cl2N2O4/c29-18-13-19(30)15-20(14-18)31-27(33)26(17-7-2-1-3-8-17)36-28(34)22-16-24(25-11-6-12-35-25)32-23-10-5-4-9-21(22)23/h1-16,26H,(H,31,33)/t26-/m1/s1. The number of hydrogen-bond acceptors (Lipinski definition) is 5. The fourth-order valence-electron chi connectivity index (χ4n) is 3.80. The average molecular weight is 517 g/mol. The molecule has 1 N–H and O–H groups in total. The van der Waals surface area contributed by atoms with Gasteiger partial charge in [-0.1, -0.05) is 71.7 Å². The van der Waals surface area contributed by atoms with Gasteiger partial charge < -0.3 is 14.5 Å².